The Morgan fingerprint density at radius 2 is 0.753 bits per heavy atom. The van der Waals surface area contributed by atoms with E-state index in [1.807, 2.05) is 17.7 Å². The van der Waals surface area contributed by atoms with E-state index < -0.39 is 15.8 Å². The third kappa shape index (κ3) is 16.8. The molecule has 3 aromatic heterocycles. The van der Waals surface area contributed by atoms with Crippen LogP contribution in [0.3, 0.4) is 0 Å². The van der Waals surface area contributed by atoms with Gasteiger partial charge in [-0.1, -0.05) is 150 Å². The fourth-order valence-electron chi connectivity index (χ4n) is 7.76. The Labute approximate surface area is 468 Å². The fourth-order valence-corrected chi connectivity index (χ4v) is 12.7. The predicted molar refractivity (Wildman–Crippen MR) is 312 cm³/mol. The number of rotatable bonds is 9. The number of hydrogen-bond acceptors (Lipinski definition) is 3. The van der Waals surface area contributed by atoms with Crippen LogP contribution in [-0.4, -0.2) is 34.0 Å². The van der Waals surface area contributed by atoms with Crippen molar-refractivity contribution in [3.8, 4) is 17.1 Å². The largest absolute Gasteiger partial charge is 2.00 e. The van der Waals surface area contributed by atoms with Crippen LogP contribution in [-0.2, 0) is 34.1 Å². The van der Waals surface area contributed by atoms with Crippen LogP contribution in [0.1, 0.15) is 39.6 Å². The minimum atomic E-state index is -1.19. The molecule has 6 nitrogen and oxygen atoms in total. The van der Waals surface area contributed by atoms with Gasteiger partial charge < -0.3 is 26.3 Å². The van der Waals surface area contributed by atoms with E-state index in [0.29, 0.717) is 0 Å². The van der Waals surface area contributed by atoms with Gasteiger partial charge >= 0.3 is 34.1 Å². The number of nitrogens with zero attached hydrogens (tertiary/aromatic N) is 6. The summed E-state index contributed by atoms with van der Waals surface area (Å²) in [6.07, 6.45) is 6.28. The normalized spacial score (nSPS) is 10.1. The molecule has 12 heteroatoms. The van der Waals surface area contributed by atoms with Gasteiger partial charge in [-0.3, -0.25) is 14.1 Å². The van der Waals surface area contributed by atoms with Crippen LogP contribution >= 0.6 is 39.0 Å². The number of aromatic nitrogens is 6. The quantitative estimate of drug-likeness (QED) is 0.0626. The molecule has 0 saturated heterocycles. The first-order valence-corrected chi connectivity index (χ1v) is 26.7. The standard InChI is InChI=1S/2C23H21N2P.C12H13N2.CH2Cl2.2CH3.2Cu/c2*1-18-13-15-20(16-14-18)25-17-19(2)24-23(25)26(21-9-5-3-6-10-21)22-11-7-4-8-12-22;1-9-4-6-12(7-5-9)14-8-10(2)13-11(14)3;2-1-3;;;;/h2*3-17H,1-2H3;4-8H,3H2,1-2H3;1H2;2*1H3;;/q;;-1;;2*-1;+1;+2/p+1. The zero-order chi connectivity index (χ0) is 48.7. The summed E-state index contributed by atoms with van der Waals surface area (Å²) in [6.45, 7) is 16.3. The number of benzene rings is 7. The molecule has 3 heterocycles. The van der Waals surface area contributed by atoms with Crippen LogP contribution in [0, 0.1) is 63.3 Å². The average molecular weight is 1140 g/mol. The molecular weight excluding hydrogens is 1080 g/mol. The number of hydrogen-bond donors (Lipinski definition) is 0. The SMILES string of the molecule is Cc1ccc(-n2cc(C)nc2P(c2ccccc2)c2ccccc2)cc1.Cc1ccc(-n2cc(C)nc2[PH+](c2ccccc2)c2ccccc2)cc1.ClCCl.[CH2-]c1nc(C)cn1-c1ccc(C)cc1.[CH3-].[CH3-].[Cu+2].[Cu+]. The Morgan fingerprint density at radius 3 is 1.14 bits per heavy atom. The molecule has 10 aromatic rings. The van der Waals surface area contributed by atoms with Gasteiger partial charge in [-0.15, -0.1) is 23.2 Å². The maximum absolute atomic E-state index is 4.97. The molecule has 0 fully saturated rings. The molecule has 0 N–H and O–H groups in total. The van der Waals surface area contributed by atoms with Crippen molar-refractivity contribution in [2.45, 2.75) is 41.5 Å². The second kappa shape index (κ2) is 30.7. The maximum Gasteiger partial charge on any atom is 2.00 e. The summed E-state index contributed by atoms with van der Waals surface area (Å²) in [4.78, 5) is 14.2. The molecule has 7 aromatic carbocycles. The van der Waals surface area contributed by atoms with E-state index >= 15 is 0 Å². The van der Waals surface area contributed by atoms with E-state index in [-0.39, 0.29) is 54.3 Å². The van der Waals surface area contributed by atoms with Crippen molar-refractivity contribution in [1.29, 1.82) is 0 Å². The Morgan fingerprint density at radius 1 is 0.438 bits per heavy atom. The third-order valence-electron chi connectivity index (χ3n) is 11.0. The van der Waals surface area contributed by atoms with Crippen molar-refractivity contribution in [1.82, 2.24) is 28.7 Å². The first-order valence-electron chi connectivity index (χ1n) is 22.7. The summed E-state index contributed by atoms with van der Waals surface area (Å²) < 4.78 is 6.51. The molecule has 10 rings (SSSR count). The summed E-state index contributed by atoms with van der Waals surface area (Å²) in [5, 5.41) is 5.52. The van der Waals surface area contributed by atoms with Crippen molar-refractivity contribution >= 4 is 71.4 Å². The first kappa shape index (κ1) is 61.8. The van der Waals surface area contributed by atoms with Crippen molar-refractivity contribution in [2.24, 2.45) is 0 Å². The molecule has 0 bridgehead atoms. The molecule has 383 valence electrons. The summed E-state index contributed by atoms with van der Waals surface area (Å²) in [6, 6.07) is 68.6. The Bertz CT molecular complexity index is 2870. The number of alkyl halides is 2. The topological polar surface area (TPSA) is 53.5 Å². The molecule has 0 saturated carbocycles. The van der Waals surface area contributed by atoms with Crippen LogP contribution in [0.4, 0.5) is 0 Å². The van der Waals surface area contributed by atoms with Crippen molar-refractivity contribution < 1.29 is 34.1 Å². The Balaban J connectivity index is 0.000000284. The van der Waals surface area contributed by atoms with Crippen molar-refractivity contribution in [3.05, 3.63) is 274 Å². The van der Waals surface area contributed by atoms with Crippen molar-refractivity contribution in [3.63, 3.8) is 0 Å². The summed E-state index contributed by atoms with van der Waals surface area (Å²) >= 11 is 9.53. The second-order valence-corrected chi connectivity index (χ2v) is 21.8. The van der Waals surface area contributed by atoms with E-state index in [0.717, 1.165) is 45.4 Å². The van der Waals surface area contributed by atoms with Crippen LogP contribution in [0.2, 0.25) is 0 Å². The van der Waals surface area contributed by atoms with Crippen LogP contribution in [0.25, 0.3) is 17.1 Å². The number of imidazole rings is 3. The van der Waals surface area contributed by atoms with E-state index in [1.165, 1.54) is 43.6 Å². The van der Waals surface area contributed by atoms with E-state index in [4.69, 9.17) is 33.2 Å². The smallest absolute Gasteiger partial charge is 0.358 e. The molecule has 0 aliphatic rings. The molecule has 73 heavy (non-hydrogen) atoms. The van der Waals surface area contributed by atoms with E-state index in [1.54, 1.807) is 0 Å². The van der Waals surface area contributed by atoms with E-state index in [2.05, 4.69) is 262 Å². The van der Waals surface area contributed by atoms with Gasteiger partial charge in [0.15, 0.2) is 0 Å². The predicted octanol–water partition coefficient (Wildman–Crippen LogP) is 13.2. The number of aryl methyl sites for hydroxylation is 6. The van der Waals surface area contributed by atoms with Gasteiger partial charge in [0.2, 0.25) is 0 Å². The van der Waals surface area contributed by atoms with Crippen LogP contribution in [0.5, 0.6) is 0 Å². The zero-order valence-electron chi connectivity index (χ0n) is 42.6. The maximum atomic E-state index is 4.97. The first-order chi connectivity index (χ1) is 33.5. The zero-order valence-corrected chi connectivity index (χ0v) is 47.9. The van der Waals surface area contributed by atoms with Gasteiger partial charge in [0.25, 0.3) is 5.57 Å². The number of halogens is 2. The van der Waals surface area contributed by atoms with Gasteiger partial charge in [-0.2, -0.15) is 0 Å². The van der Waals surface area contributed by atoms with Gasteiger partial charge in [0, 0.05) is 37.9 Å². The van der Waals surface area contributed by atoms with Crippen molar-refractivity contribution in [2.75, 3.05) is 5.34 Å². The Hall–Kier alpha value is -5.48. The molecular formula is C61H64Cl2Cu2N6P2+. The van der Waals surface area contributed by atoms with Gasteiger partial charge in [0.1, 0.15) is 24.1 Å². The molecule has 1 radical (unpaired) electrons. The minimum absolute atomic E-state index is 0. The third-order valence-corrected chi connectivity index (χ3v) is 16.0. The van der Waals surface area contributed by atoms with Gasteiger partial charge in [-0.25, -0.2) is 9.97 Å². The summed E-state index contributed by atoms with van der Waals surface area (Å²) in [7, 11) is -1.92. The second-order valence-electron chi connectivity index (χ2n) is 16.5. The average Bonchev–Trinajstić information content (AvgIpc) is 4.06. The Kier molecular flexibility index (Phi) is 26.0. The van der Waals surface area contributed by atoms with Crippen LogP contribution < -0.4 is 32.3 Å². The summed E-state index contributed by atoms with van der Waals surface area (Å²) in [5.74, 6) is 0.784. The molecule has 0 aliphatic heterocycles. The fraction of sp³-hybridized carbons (Fsp3) is 0.115. The molecule has 0 atom stereocenters. The monoisotopic (exact) mass is 1140 g/mol. The van der Waals surface area contributed by atoms with Gasteiger partial charge in [-0.05, 0) is 119 Å². The molecule has 0 unspecified atom stereocenters. The molecule has 0 amide bonds. The molecule has 0 spiro atoms. The van der Waals surface area contributed by atoms with Gasteiger partial charge in [0.05, 0.1) is 28.1 Å². The minimum Gasteiger partial charge on any atom is -0.358 e. The summed E-state index contributed by atoms with van der Waals surface area (Å²) in [5.41, 5.74) is 12.6. The van der Waals surface area contributed by atoms with Crippen LogP contribution in [0.15, 0.2) is 213 Å². The van der Waals surface area contributed by atoms with E-state index in [9.17, 15) is 0 Å². The molecule has 0 aliphatic carbocycles.